The lowest BCUT2D eigenvalue weighted by atomic mass is 10.2. The number of amidine groups is 1. The van der Waals surface area contributed by atoms with E-state index in [1.807, 2.05) is 41.8 Å². The number of rotatable bonds is 3. The van der Waals surface area contributed by atoms with Crippen LogP contribution in [-0.4, -0.2) is 5.84 Å². The molecule has 0 amide bonds. The molecule has 15 heavy (non-hydrogen) atoms. The van der Waals surface area contributed by atoms with Crippen LogP contribution in [0, 0.1) is 0 Å². The highest BCUT2D eigenvalue weighted by Crippen LogP contribution is 2.10. The third-order valence-electron chi connectivity index (χ3n) is 2.05. The zero-order chi connectivity index (χ0) is 10.5. The highest BCUT2D eigenvalue weighted by molar-refractivity contribution is 7.09. The van der Waals surface area contributed by atoms with E-state index in [1.54, 1.807) is 11.3 Å². The van der Waals surface area contributed by atoms with Gasteiger partial charge in [-0.25, -0.2) is 0 Å². The summed E-state index contributed by atoms with van der Waals surface area (Å²) in [6, 6.07) is 13.9. The van der Waals surface area contributed by atoms with Crippen LogP contribution in [0.2, 0.25) is 0 Å². The number of aliphatic imine (C=N–C) groups is 1. The summed E-state index contributed by atoms with van der Waals surface area (Å²) < 4.78 is 0. The van der Waals surface area contributed by atoms with Gasteiger partial charge in [-0.1, -0.05) is 36.4 Å². The second-order valence-electron chi connectivity index (χ2n) is 3.15. The smallest absolute Gasteiger partial charge is 0.125 e. The molecule has 0 atom stereocenters. The number of nitrogens with two attached hydrogens (primary N) is 1. The molecule has 2 N–H and O–H groups in total. The van der Waals surface area contributed by atoms with Gasteiger partial charge in [0.1, 0.15) is 5.84 Å². The van der Waals surface area contributed by atoms with Crippen LogP contribution in [0.3, 0.4) is 0 Å². The van der Waals surface area contributed by atoms with Crippen LogP contribution in [-0.2, 0) is 6.54 Å². The average Bonchev–Trinajstić information content (AvgIpc) is 2.80. The second kappa shape index (κ2) is 4.75. The highest BCUT2D eigenvalue weighted by atomic mass is 32.1. The molecule has 1 aromatic carbocycles. The normalized spacial score (nSPS) is 11.6. The first kappa shape index (κ1) is 9.93. The van der Waals surface area contributed by atoms with Crippen molar-refractivity contribution in [2.75, 3.05) is 0 Å². The number of thiophene rings is 1. The topological polar surface area (TPSA) is 38.4 Å². The van der Waals surface area contributed by atoms with E-state index in [0.29, 0.717) is 12.4 Å². The van der Waals surface area contributed by atoms with Crippen LogP contribution in [0.1, 0.15) is 10.4 Å². The average molecular weight is 216 g/mol. The second-order valence-corrected chi connectivity index (χ2v) is 4.18. The van der Waals surface area contributed by atoms with Gasteiger partial charge in [0.25, 0.3) is 0 Å². The van der Waals surface area contributed by atoms with Gasteiger partial charge in [0.05, 0.1) is 6.54 Å². The van der Waals surface area contributed by atoms with Gasteiger partial charge in [-0.2, -0.15) is 0 Å². The quantitative estimate of drug-likeness (QED) is 0.621. The van der Waals surface area contributed by atoms with E-state index >= 15 is 0 Å². The molecule has 0 spiro atoms. The summed E-state index contributed by atoms with van der Waals surface area (Å²) in [4.78, 5) is 5.57. The summed E-state index contributed by atoms with van der Waals surface area (Å²) >= 11 is 1.70. The Morgan fingerprint density at radius 2 is 1.93 bits per heavy atom. The summed E-state index contributed by atoms with van der Waals surface area (Å²) in [5, 5.41) is 2.05. The summed E-state index contributed by atoms with van der Waals surface area (Å²) in [5.41, 5.74) is 6.85. The molecule has 0 unspecified atom stereocenters. The number of nitrogens with zero attached hydrogens (tertiary/aromatic N) is 1. The monoisotopic (exact) mass is 216 g/mol. The van der Waals surface area contributed by atoms with Crippen molar-refractivity contribution < 1.29 is 0 Å². The molecule has 1 aromatic heterocycles. The Bertz CT molecular complexity index is 432. The summed E-state index contributed by atoms with van der Waals surface area (Å²) in [5.74, 6) is 0.601. The van der Waals surface area contributed by atoms with Gasteiger partial charge in [-0.3, -0.25) is 4.99 Å². The lowest BCUT2D eigenvalue weighted by Crippen LogP contribution is -2.13. The predicted molar refractivity (Wildman–Crippen MR) is 65.2 cm³/mol. The van der Waals surface area contributed by atoms with Gasteiger partial charge in [0.15, 0.2) is 0 Å². The summed E-state index contributed by atoms with van der Waals surface area (Å²) in [7, 11) is 0. The lowest BCUT2D eigenvalue weighted by molar-refractivity contribution is 1.09. The van der Waals surface area contributed by atoms with E-state index in [1.165, 1.54) is 4.88 Å². The van der Waals surface area contributed by atoms with E-state index in [4.69, 9.17) is 5.73 Å². The summed E-state index contributed by atoms with van der Waals surface area (Å²) in [6.07, 6.45) is 0. The molecule has 0 radical (unpaired) electrons. The maximum absolute atomic E-state index is 5.87. The number of hydrogen-bond acceptors (Lipinski definition) is 2. The molecule has 2 rings (SSSR count). The van der Waals surface area contributed by atoms with Gasteiger partial charge >= 0.3 is 0 Å². The predicted octanol–water partition coefficient (Wildman–Crippen LogP) is 2.65. The Balaban J connectivity index is 2.08. The first-order valence-corrected chi connectivity index (χ1v) is 5.62. The van der Waals surface area contributed by atoms with Crippen LogP contribution in [0.15, 0.2) is 52.8 Å². The molecule has 0 saturated carbocycles. The molecule has 2 nitrogen and oxygen atoms in total. The fourth-order valence-electron chi connectivity index (χ4n) is 1.27. The van der Waals surface area contributed by atoms with E-state index < -0.39 is 0 Å². The zero-order valence-electron chi connectivity index (χ0n) is 8.26. The van der Waals surface area contributed by atoms with Crippen molar-refractivity contribution in [3.63, 3.8) is 0 Å². The Morgan fingerprint density at radius 3 is 2.60 bits per heavy atom. The van der Waals surface area contributed by atoms with Gasteiger partial charge in [-0.15, -0.1) is 11.3 Å². The molecule has 0 bridgehead atoms. The van der Waals surface area contributed by atoms with E-state index in [9.17, 15) is 0 Å². The third-order valence-corrected chi connectivity index (χ3v) is 2.92. The van der Waals surface area contributed by atoms with Gasteiger partial charge in [0, 0.05) is 10.4 Å². The molecular weight excluding hydrogens is 204 g/mol. The molecule has 1 heterocycles. The van der Waals surface area contributed by atoms with Crippen LogP contribution in [0.25, 0.3) is 0 Å². The maximum Gasteiger partial charge on any atom is 0.125 e. The molecule has 0 saturated heterocycles. The van der Waals surface area contributed by atoms with Crippen molar-refractivity contribution >= 4 is 17.2 Å². The van der Waals surface area contributed by atoms with Gasteiger partial charge in [0.2, 0.25) is 0 Å². The van der Waals surface area contributed by atoms with Crippen molar-refractivity contribution in [1.82, 2.24) is 0 Å². The SMILES string of the molecule is NC(=NCc1cccs1)c1ccccc1. The third kappa shape index (κ3) is 2.67. The van der Waals surface area contributed by atoms with Crippen molar-refractivity contribution in [2.45, 2.75) is 6.54 Å². The Morgan fingerprint density at radius 1 is 1.13 bits per heavy atom. The summed E-state index contributed by atoms with van der Waals surface area (Å²) in [6.45, 7) is 0.665. The molecule has 0 aliphatic rings. The van der Waals surface area contributed by atoms with Crippen molar-refractivity contribution in [2.24, 2.45) is 10.7 Å². The van der Waals surface area contributed by atoms with E-state index in [2.05, 4.69) is 11.1 Å². The van der Waals surface area contributed by atoms with Crippen LogP contribution in [0.4, 0.5) is 0 Å². The number of benzene rings is 1. The Labute approximate surface area is 93.1 Å². The standard InChI is InChI=1S/C12H12N2S/c13-12(10-5-2-1-3-6-10)14-9-11-7-4-8-15-11/h1-8H,9H2,(H2,13,14). The van der Waals surface area contributed by atoms with Crippen molar-refractivity contribution in [3.05, 3.63) is 58.3 Å². The van der Waals surface area contributed by atoms with Gasteiger partial charge in [-0.05, 0) is 11.4 Å². The minimum Gasteiger partial charge on any atom is -0.383 e. The van der Waals surface area contributed by atoms with E-state index in [-0.39, 0.29) is 0 Å². The van der Waals surface area contributed by atoms with Crippen LogP contribution < -0.4 is 5.73 Å². The molecule has 3 heteroatoms. The number of hydrogen-bond donors (Lipinski definition) is 1. The molecule has 76 valence electrons. The molecule has 0 aliphatic carbocycles. The zero-order valence-corrected chi connectivity index (χ0v) is 9.08. The maximum atomic E-state index is 5.87. The fourth-order valence-corrected chi connectivity index (χ4v) is 1.89. The molecule has 0 fully saturated rings. The Kier molecular flexibility index (Phi) is 3.15. The molecule has 0 aliphatic heterocycles. The van der Waals surface area contributed by atoms with Crippen molar-refractivity contribution in [1.29, 1.82) is 0 Å². The first-order chi connectivity index (χ1) is 7.36. The minimum atomic E-state index is 0.601. The largest absolute Gasteiger partial charge is 0.383 e. The minimum absolute atomic E-state index is 0.601. The first-order valence-electron chi connectivity index (χ1n) is 4.74. The van der Waals surface area contributed by atoms with Crippen LogP contribution >= 0.6 is 11.3 Å². The molecule has 2 aromatic rings. The molecular formula is C12H12N2S. The van der Waals surface area contributed by atoms with E-state index in [0.717, 1.165) is 5.56 Å². The lowest BCUT2D eigenvalue weighted by Gasteiger charge is -1.99. The highest BCUT2D eigenvalue weighted by Gasteiger charge is 1.96. The van der Waals surface area contributed by atoms with Gasteiger partial charge < -0.3 is 5.73 Å². The van der Waals surface area contributed by atoms with Crippen molar-refractivity contribution in [3.8, 4) is 0 Å². The Hall–Kier alpha value is -1.61. The fraction of sp³-hybridized carbons (Fsp3) is 0.0833. The van der Waals surface area contributed by atoms with Crippen LogP contribution in [0.5, 0.6) is 0 Å².